The van der Waals surface area contributed by atoms with Gasteiger partial charge in [0, 0.05) is 6.08 Å². The molecule has 0 aromatic heterocycles. The van der Waals surface area contributed by atoms with Crippen molar-refractivity contribution >= 4 is 12.0 Å². The molecular formula is C21H21NO4. The first-order chi connectivity index (χ1) is 12.7. The molecule has 2 aliphatic rings. The molecule has 0 radical (unpaired) electrons. The summed E-state index contributed by atoms with van der Waals surface area (Å²) in [5.41, 5.74) is 2.01. The summed E-state index contributed by atoms with van der Waals surface area (Å²) in [7, 11) is 1.65. The molecular weight excluding hydrogens is 330 g/mol. The van der Waals surface area contributed by atoms with Crippen molar-refractivity contribution in [1.82, 2.24) is 5.32 Å². The Hall–Kier alpha value is -2.95. The quantitative estimate of drug-likeness (QED) is 0.806. The van der Waals surface area contributed by atoms with E-state index in [1.807, 2.05) is 42.5 Å². The minimum absolute atomic E-state index is 0.0369. The maximum atomic E-state index is 12.4. The number of hydrogen-bond donors (Lipinski definition) is 1. The van der Waals surface area contributed by atoms with Crippen LogP contribution in [0.1, 0.15) is 30.0 Å². The highest BCUT2D eigenvalue weighted by Gasteiger charge is 2.33. The minimum Gasteiger partial charge on any atom is -0.497 e. The van der Waals surface area contributed by atoms with Crippen LogP contribution in [0.25, 0.3) is 6.08 Å². The Kier molecular flexibility index (Phi) is 4.52. The number of carbonyl (C=O) groups excluding carboxylic acids is 1. The van der Waals surface area contributed by atoms with Gasteiger partial charge < -0.3 is 19.5 Å². The SMILES string of the molecule is COc1ccc(C(NC(=O)/C=C/c2ccc3c(c2)OCO3)C2CC2)cc1. The van der Waals surface area contributed by atoms with E-state index in [1.54, 1.807) is 19.3 Å². The second kappa shape index (κ2) is 7.12. The van der Waals surface area contributed by atoms with E-state index < -0.39 is 0 Å². The molecule has 5 nitrogen and oxygen atoms in total. The molecule has 0 saturated heterocycles. The first-order valence-electron chi connectivity index (χ1n) is 8.75. The van der Waals surface area contributed by atoms with Gasteiger partial charge in [0.2, 0.25) is 12.7 Å². The van der Waals surface area contributed by atoms with Crippen LogP contribution in [0.2, 0.25) is 0 Å². The predicted octanol–water partition coefficient (Wildman–Crippen LogP) is 3.70. The summed E-state index contributed by atoms with van der Waals surface area (Å²) >= 11 is 0. The van der Waals surface area contributed by atoms with Gasteiger partial charge >= 0.3 is 0 Å². The lowest BCUT2D eigenvalue weighted by molar-refractivity contribution is -0.117. The Labute approximate surface area is 152 Å². The van der Waals surface area contributed by atoms with Crippen molar-refractivity contribution < 1.29 is 19.0 Å². The zero-order valence-electron chi connectivity index (χ0n) is 14.6. The van der Waals surface area contributed by atoms with Gasteiger partial charge in [-0.3, -0.25) is 4.79 Å². The molecule has 1 saturated carbocycles. The molecule has 0 bridgehead atoms. The highest BCUT2D eigenvalue weighted by Crippen LogP contribution is 2.41. The van der Waals surface area contributed by atoms with Crippen molar-refractivity contribution in [2.24, 2.45) is 5.92 Å². The average Bonchev–Trinajstić information content (AvgIpc) is 3.41. The molecule has 1 amide bonds. The van der Waals surface area contributed by atoms with Gasteiger partial charge in [-0.1, -0.05) is 18.2 Å². The van der Waals surface area contributed by atoms with Crippen LogP contribution in [0.4, 0.5) is 0 Å². The first kappa shape index (κ1) is 16.5. The second-order valence-corrected chi connectivity index (χ2v) is 6.54. The predicted molar refractivity (Wildman–Crippen MR) is 98.2 cm³/mol. The molecule has 0 spiro atoms. The van der Waals surface area contributed by atoms with Crippen molar-refractivity contribution in [1.29, 1.82) is 0 Å². The van der Waals surface area contributed by atoms with Crippen molar-refractivity contribution in [3.05, 3.63) is 59.7 Å². The summed E-state index contributed by atoms with van der Waals surface area (Å²) in [6.45, 7) is 0.244. The van der Waals surface area contributed by atoms with Crippen molar-refractivity contribution in [3.63, 3.8) is 0 Å². The molecule has 5 heteroatoms. The average molecular weight is 351 g/mol. The Balaban J connectivity index is 1.43. The van der Waals surface area contributed by atoms with E-state index in [9.17, 15) is 4.79 Å². The second-order valence-electron chi connectivity index (χ2n) is 6.54. The number of hydrogen-bond acceptors (Lipinski definition) is 4. The van der Waals surface area contributed by atoms with Crippen LogP contribution >= 0.6 is 0 Å². The molecule has 4 rings (SSSR count). The van der Waals surface area contributed by atoms with E-state index in [0.717, 1.165) is 35.5 Å². The first-order valence-corrected chi connectivity index (χ1v) is 8.75. The van der Waals surface area contributed by atoms with Crippen LogP contribution in [-0.2, 0) is 4.79 Å². The van der Waals surface area contributed by atoms with E-state index >= 15 is 0 Å². The normalized spacial score (nSPS) is 16.5. The maximum absolute atomic E-state index is 12.4. The van der Waals surface area contributed by atoms with Crippen LogP contribution in [0.15, 0.2) is 48.5 Å². The van der Waals surface area contributed by atoms with Crippen LogP contribution < -0.4 is 19.5 Å². The van der Waals surface area contributed by atoms with Crippen LogP contribution in [-0.4, -0.2) is 19.8 Å². The molecule has 1 heterocycles. The van der Waals surface area contributed by atoms with Crippen molar-refractivity contribution in [2.75, 3.05) is 13.9 Å². The Bertz CT molecular complexity index is 824. The van der Waals surface area contributed by atoms with Gasteiger partial charge in [0.15, 0.2) is 11.5 Å². The zero-order valence-corrected chi connectivity index (χ0v) is 14.6. The third kappa shape index (κ3) is 3.67. The fourth-order valence-electron chi connectivity index (χ4n) is 3.10. The number of fused-ring (bicyclic) bond motifs is 1. The largest absolute Gasteiger partial charge is 0.497 e. The highest BCUT2D eigenvalue weighted by molar-refractivity contribution is 5.92. The van der Waals surface area contributed by atoms with E-state index in [1.165, 1.54) is 0 Å². The summed E-state index contributed by atoms with van der Waals surface area (Å²) in [5.74, 6) is 2.67. The van der Waals surface area contributed by atoms with Crippen molar-refractivity contribution in [2.45, 2.75) is 18.9 Å². The van der Waals surface area contributed by atoms with E-state index in [4.69, 9.17) is 14.2 Å². The fraction of sp³-hybridized carbons (Fsp3) is 0.286. The van der Waals surface area contributed by atoms with Gasteiger partial charge in [0.05, 0.1) is 13.2 Å². The number of nitrogens with one attached hydrogen (secondary N) is 1. The summed E-state index contributed by atoms with van der Waals surface area (Å²) in [4.78, 5) is 12.4. The maximum Gasteiger partial charge on any atom is 0.244 e. The standard InChI is InChI=1S/C21H21NO4/c1-24-17-8-6-16(7-9-17)21(15-4-5-15)22-20(23)11-3-14-2-10-18-19(12-14)26-13-25-18/h2-3,6-12,15,21H,4-5,13H2,1H3,(H,22,23)/b11-3+. The fourth-order valence-corrected chi connectivity index (χ4v) is 3.10. The molecule has 1 N–H and O–H groups in total. The van der Waals surface area contributed by atoms with Gasteiger partial charge in [-0.15, -0.1) is 0 Å². The van der Waals surface area contributed by atoms with E-state index in [0.29, 0.717) is 11.7 Å². The Morgan fingerprint density at radius 3 is 2.65 bits per heavy atom. The topological polar surface area (TPSA) is 56.8 Å². The van der Waals surface area contributed by atoms with Gasteiger partial charge in [-0.2, -0.15) is 0 Å². The lowest BCUT2D eigenvalue weighted by Gasteiger charge is -2.18. The summed E-state index contributed by atoms with van der Waals surface area (Å²) in [6.07, 6.45) is 5.64. The van der Waals surface area contributed by atoms with E-state index in [-0.39, 0.29) is 18.7 Å². The number of amides is 1. The smallest absolute Gasteiger partial charge is 0.244 e. The Morgan fingerprint density at radius 2 is 1.92 bits per heavy atom. The van der Waals surface area contributed by atoms with E-state index in [2.05, 4.69) is 5.32 Å². The minimum atomic E-state index is -0.101. The third-order valence-corrected chi connectivity index (χ3v) is 4.69. The molecule has 1 aliphatic carbocycles. The van der Waals surface area contributed by atoms with Crippen LogP contribution in [0.3, 0.4) is 0 Å². The van der Waals surface area contributed by atoms with Gasteiger partial charge in [0.1, 0.15) is 5.75 Å². The monoisotopic (exact) mass is 351 g/mol. The molecule has 134 valence electrons. The number of rotatable bonds is 6. The molecule has 1 atom stereocenters. The number of ether oxygens (including phenoxy) is 3. The number of methoxy groups -OCH3 is 1. The molecule has 1 unspecified atom stereocenters. The lowest BCUT2D eigenvalue weighted by atomic mass is 10.0. The highest BCUT2D eigenvalue weighted by atomic mass is 16.7. The summed E-state index contributed by atoms with van der Waals surface area (Å²) < 4.78 is 15.9. The molecule has 2 aromatic rings. The number of carbonyl (C=O) groups is 1. The molecule has 1 aliphatic heterocycles. The van der Waals surface area contributed by atoms with Crippen molar-refractivity contribution in [3.8, 4) is 17.2 Å². The van der Waals surface area contributed by atoms with Gasteiger partial charge in [-0.25, -0.2) is 0 Å². The van der Waals surface area contributed by atoms with Crippen LogP contribution in [0.5, 0.6) is 17.2 Å². The molecule has 1 fully saturated rings. The third-order valence-electron chi connectivity index (χ3n) is 4.69. The summed E-state index contributed by atoms with van der Waals surface area (Å²) in [6, 6.07) is 13.6. The van der Waals surface area contributed by atoms with Gasteiger partial charge in [0.25, 0.3) is 0 Å². The molecule has 2 aromatic carbocycles. The van der Waals surface area contributed by atoms with Crippen LogP contribution in [0, 0.1) is 5.92 Å². The lowest BCUT2D eigenvalue weighted by Crippen LogP contribution is -2.28. The zero-order chi connectivity index (χ0) is 17.9. The Morgan fingerprint density at radius 1 is 1.15 bits per heavy atom. The number of benzene rings is 2. The molecule has 26 heavy (non-hydrogen) atoms. The summed E-state index contributed by atoms with van der Waals surface area (Å²) in [5, 5.41) is 3.13. The van der Waals surface area contributed by atoms with Gasteiger partial charge in [-0.05, 0) is 60.2 Å².